The highest BCUT2D eigenvalue weighted by Crippen LogP contribution is 2.54. The third kappa shape index (κ3) is 9.53. The lowest BCUT2D eigenvalue weighted by atomic mass is 9.71. The first-order chi connectivity index (χ1) is 34.6. The van der Waals surface area contributed by atoms with Crippen LogP contribution in [0.4, 0.5) is 0 Å². The van der Waals surface area contributed by atoms with Crippen LogP contribution in [-0.2, 0) is 49.7 Å². The molecule has 5 aromatic rings. The fourth-order valence-electron chi connectivity index (χ4n) is 12.5. The average Bonchev–Trinajstić information content (AvgIpc) is 3.92. The predicted octanol–water partition coefficient (Wildman–Crippen LogP) is 10.6. The molecule has 0 saturated heterocycles. The highest BCUT2D eigenvalue weighted by molar-refractivity contribution is 5.90. The summed E-state index contributed by atoms with van der Waals surface area (Å²) in [7, 11) is 1.52. The van der Waals surface area contributed by atoms with Crippen molar-refractivity contribution in [3.8, 4) is 17.6 Å². The molecule has 10 rings (SSSR count). The van der Waals surface area contributed by atoms with E-state index in [0.717, 1.165) is 54.4 Å². The van der Waals surface area contributed by atoms with Crippen LogP contribution in [0.3, 0.4) is 0 Å². The van der Waals surface area contributed by atoms with Crippen LogP contribution in [0.25, 0.3) is 11.0 Å². The van der Waals surface area contributed by atoms with Crippen LogP contribution in [0.1, 0.15) is 146 Å². The molecule has 1 fully saturated rings. The lowest BCUT2D eigenvalue weighted by Crippen LogP contribution is -2.59. The summed E-state index contributed by atoms with van der Waals surface area (Å²) in [5.74, 6) is 5.44. The minimum Gasteiger partial charge on any atom is -0.481 e. The first kappa shape index (κ1) is 48.4. The molecule has 5 aliphatic rings. The van der Waals surface area contributed by atoms with Crippen molar-refractivity contribution in [3.63, 3.8) is 0 Å². The SMILES string of the molecule is COCC(CCO)c1c(CO)c2ccc3c(c2oc1=O)C1OC(=O)CC2CC(c4cccc(Cc5ccccc5)c4)C=CC2c2ccc4cc2CC#CCC(C2CCCC2)(O3)C1OC(=O)C(=C(C)C)CC4. The number of aliphatic hydroxyl groups is 2. The van der Waals surface area contributed by atoms with Gasteiger partial charge in [-0.05, 0) is 116 Å². The van der Waals surface area contributed by atoms with Gasteiger partial charge < -0.3 is 33.6 Å². The zero-order valence-corrected chi connectivity index (χ0v) is 41.0. The molecule has 4 heterocycles. The Hall–Kier alpha value is -6.25. The highest BCUT2D eigenvalue weighted by atomic mass is 16.6. The molecule has 7 atom stereocenters. The fraction of sp³-hybridized carbons (Fsp3) is 0.426. The van der Waals surface area contributed by atoms with Crippen molar-refractivity contribution in [1.29, 1.82) is 0 Å². The molecule has 2 aliphatic carbocycles. The van der Waals surface area contributed by atoms with E-state index in [1.54, 1.807) is 12.1 Å². The van der Waals surface area contributed by atoms with Crippen molar-refractivity contribution in [2.24, 2.45) is 11.8 Å². The predicted molar refractivity (Wildman–Crippen MR) is 271 cm³/mol. The van der Waals surface area contributed by atoms with Crippen LogP contribution in [0, 0.1) is 23.7 Å². The molecule has 10 nitrogen and oxygen atoms in total. The highest BCUT2D eigenvalue weighted by Gasteiger charge is 2.59. The number of hydrogen-bond donors (Lipinski definition) is 2. The summed E-state index contributed by atoms with van der Waals surface area (Å²) in [4.78, 5) is 44.8. The second kappa shape index (κ2) is 20.8. The van der Waals surface area contributed by atoms with E-state index in [2.05, 4.69) is 90.7 Å². The van der Waals surface area contributed by atoms with Crippen LogP contribution in [0.15, 0.2) is 117 Å². The lowest BCUT2D eigenvalue weighted by molar-refractivity contribution is -0.201. The van der Waals surface area contributed by atoms with Crippen molar-refractivity contribution in [1.82, 2.24) is 0 Å². The van der Waals surface area contributed by atoms with Gasteiger partial charge in [0.1, 0.15) is 11.3 Å². The van der Waals surface area contributed by atoms with Gasteiger partial charge in [0, 0.05) is 66.8 Å². The second-order valence-corrected chi connectivity index (χ2v) is 20.6. The van der Waals surface area contributed by atoms with Crippen LogP contribution < -0.4 is 10.4 Å². The van der Waals surface area contributed by atoms with Gasteiger partial charge in [0.2, 0.25) is 0 Å². The lowest BCUT2D eigenvalue weighted by Gasteiger charge is -2.49. The van der Waals surface area contributed by atoms with Gasteiger partial charge in [-0.15, -0.1) is 0 Å². The molecule has 4 aromatic carbocycles. The van der Waals surface area contributed by atoms with Crippen molar-refractivity contribution >= 4 is 22.9 Å². The van der Waals surface area contributed by atoms with E-state index < -0.39 is 47.9 Å². The summed E-state index contributed by atoms with van der Waals surface area (Å²) in [6.07, 6.45) is 8.94. The Morgan fingerprint density at radius 1 is 0.887 bits per heavy atom. The first-order valence-corrected chi connectivity index (χ1v) is 25.6. The maximum absolute atomic E-state index is 15.4. The molecule has 1 saturated carbocycles. The van der Waals surface area contributed by atoms with Crippen molar-refractivity contribution < 1.29 is 43.2 Å². The topological polar surface area (TPSA) is 142 Å². The molecule has 368 valence electrons. The number of carbonyl (C=O) groups excluding carboxylic acids is 2. The molecule has 10 heteroatoms. The van der Waals surface area contributed by atoms with Crippen LogP contribution in [0.5, 0.6) is 5.75 Å². The van der Waals surface area contributed by atoms with Gasteiger partial charge >= 0.3 is 17.6 Å². The Balaban J connectivity index is 1.16. The number of hydrogen-bond acceptors (Lipinski definition) is 10. The monoisotopic (exact) mass is 956 g/mol. The molecule has 0 amide bonds. The van der Waals surface area contributed by atoms with E-state index in [1.807, 2.05) is 19.9 Å². The third-order valence-corrected chi connectivity index (χ3v) is 16.0. The quantitative estimate of drug-likeness (QED) is 0.0457. The summed E-state index contributed by atoms with van der Waals surface area (Å²) in [6.45, 7) is 3.20. The van der Waals surface area contributed by atoms with Crippen molar-refractivity contribution in [2.75, 3.05) is 20.3 Å². The number of aryl methyl sites for hydroxylation is 1. The maximum Gasteiger partial charge on any atom is 0.340 e. The fourth-order valence-corrected chi connectivity index (χ4v) is 12.5. The molecule has 3 aliphatic heterocycles. The van der Waals surface area contributed by atoms with E-state index in [9.17, 15) is 15.0 Å². The van der Waals surface area contributed by atoms with Crippen LogP contribution in [0.2, 0.25) is 0 Å². The molecular weight excluding hydrogens is 893 g/mol. The van der Waals surface area contributed by atoms with Crippen molar-refractivity contribution in [3.05, 3.63) is 169 Å². The molecular formula is C61H64O10. The van der Waals surface area contributed by atoms with Crippen LogP contribution >= 0.6 is 0 Å². The Labute approximate surface area is 416 Å². The minimum atomic E-state index is -1.29. The average molecular weight is 957 g/mol. The second-order valence-electron chi connectivity index (χ2n) is 20.6. The maximum atomic E-state index is 15.4. The number of allylic oxidation sites excluding steroid dienone is 3. The number of benzene rings is 4. The van der Waals surface area contributed by atoms with Gasteiger partial charge in [0.15, 0.2) is 17.8 Å². The van der Waals surface area contributed by atoms with Crippen LogP contribution in [-0.4, -0.2) is 54.2 Å². The normalized spacial score (nSPS) is 24.6. The summed E-state index contributed by atoms with van der Waals surface area (Å²) < 4.78 is 33.0. The standard InChI is InChI=1S/C61H64O10/c1-37(2)47-22-19-39-20-23-48-43(31-39)15-9-10-28-61(46-17-7-8-18-46)58(70-59(47)65)57(55-52(71-61)26-25-50-51(35-63)54(60(66)69-56(50)55)44(27-29-62)36-67-3)68-53(64)34-45-33-42(21-24-49(45)48)41-16-11-14-40(32-41)30-38-12-5-4-6-13-38/h4-6,11-14,16,20-21,23-26,31-32,42,44-46,49,57-58,62-63H,7-8,15,17-19,22,27-30,33-36H2,1-3H3. The van der Waals surface area contributed by atoms with Gasteiger partial charge in [-0.25, -0.2) is 9.59 Å². The Morgan fingerprint density at radius 3 is 2.48 bits per heavy atom. The van der Waals surface area contributed by atoms with E-state index in [4.69, 9.17) is 23.4 Å². The third-order valence-electron chi connectivity index (χ3n) is 16.0. The molecule has 7 unspecified atom stereocenters. The summed E-state index contributed by atoms with van der Waals surface area (Å²) >= 11 is 0. The Bertz CT molecular complexity index is 2990. The van der Waals surface area contributed by atoms with E-state index in [-0.39, 0.29) is 72.9 Å². The number of methoxy groups -OCH3 is 1. The zero-order valence-electron chi connectivity index (χ0n) is 41.0. The van der Waals surface area contributed by atoms with Gasteiger partial charge in [-0.1, -0.05) is 115 Å². The molecule has 0 spiro atoms. The number of fused-ring (bicyclic) bond motifs is 9. The van der Waals surface area contributed by atoms with Gasteiger partial charge in [-0.3, -0.25) is 4.79 Å². The van der Waals surface area contributed by atoms with Gasteiger partial charge in [0.25, 0.3) is 0 Å². The number of rotatable bonds is 10. The van der Waals surface area contributed by atoms with E-state index in [0.29, 0.717) is 48.0 Å². The first-order valence-electron chi connectivity index (χ1n) is 25.6. The zero-order chi connectivity index (χ0) is 49.2. The summed E-state index contributed by atoms with van der Waals surface area (Å²) in [6, 6.07) is 29.3. The molecule has 71 heavy (non-hydrogen) atoms. The summed E-state index contributed by atoms with van der Waals surface area (Å²) in [5, 5.41) is 21.5. The number of esters is 2. The Kier molecular flexibility index (Phi) is 14.2. The largest absolute Gasteiger partial charge is 0.481 e. The molecule has 5 bridgehead atoms. The smallest absolute Gasteiger partial charge is 0.340 e. The van der Waals surface area contributed by atoms with Gasteiger partial charge in [-0.2, -0.15) is 0 Å². The number of ether oxygens (including phenoxy) is 4. The number of carbonyl (C=O) groups is 2. The number of aliphatic hydroxyl groups excluding tert-OH is 2. The van der Waals surface area contributed by atoms with E-state index in [1.165, 1.54) is 23.8 Å². The summed E-state index contributed by atoms with van der Waals surface area (Å²) in [5.41, 5.74) is 7.16. The van der Waals surface area contributed by atoms with Gasteiger partial charge in [0.05, 0.1) is 25.2 Å². The molecule has 2 N–H and O–H groups in total. The molecule has 0 radical (unpaired) electrons. The molecule has 1 aromatic heterocycles. The minimum absolute atomic E-state index is 0.0267. The van der Waals surface area contributed by atoms with Crippen molar-refractivity contribution in [2.45, 2.75) is 133 Å². The van der Waals surface area contributed by atoms with E-state index >= 15 is 9.59 Å². The Morgan fingerprint density at radius 2 is 1.70 bits per heavy atom.